The lowest BCUT2D eigenvalue weighted by atomic mass is 9.76. The van der Waals surface area contributed by atoms with Crippen LogP contribution in [0.25, 0.3) is 0 Å². The fraction of sp³-hybridized carbons (Fsp3) is 0.647. The molecule has 1 atom stereocenters. The molecule has 0 aromatic heterocycles. The fourth-order valence-electron chi connectivity index (χ4n) is 2.42. The standard InChI is InChI=1S/C17H28BNO4/c1-13-12-19(9-10-22-13)15-8-6-7-14(11-15)18(21)23-17(4,5)16(2,3)20/h6-8,11,13,20-21H,9-10,12H2,1-5H3. The van der Waals surface area contributed by atoms with Gasteiger partial charge in [-0.25, -0.2) is 0 Å². The summed E-state index contributed by atoms with van der Waals surface area (Å²) in [7, 11) is -1.09. The second kappa shape index (κ2) is 6.81. The second-order valence-electron chi connectivity index (χ2n) is 7.26. The van der Waals surface area contributed by atoms with Crippen LogP contribution in [0.3, 0.4) is 0 Å². The predicted octanol–water partition coefficient (Wildman–Crippen LogP) is 1.17. The summed E-state index contributed by atoms with van der Waals surface area (Å²) < 4.78 is 11.3. The van der Waals surface area contributed by atoms with Gasteiger partial charge in [-0.1, -0.05) is 12.1 Å². The van der Waals surface area contributed by atoms with Crippen LogP contribution in [0.4, 0.5) is 5.69 Å². The summed E-state index contributed by atoms with van der Waals surface area (Å²) in [5, 5.41) is 20.6. The lowest BCUT2D eigenvalue weighted by Crippen LogP contribution is -2.53. The summed E-state index contributed by atoms with van der Waals surface area (Å²) in [6.07, 6.45) is 0.197. The Kier molecular flexibility index (Phi) is 5.41. The van der Waals surface area contributed by atoms with Crippen LogP contribution in [0.5, 0.6) is 0 Å². The molecule has 0 amide bonds. The van der Waals surface area contributed by atoms with Gasteiger partial charge in [-0.15, -0.1) is 0 Å². The van der Waals surface area contributed by atoms with Crippen molar-refractivity contribution in [1.82, 2.24) is 0 Å². The van der Waals surface area contributed by atoms with Crippen molar-refractivity contribution in [2.45, 2.75) is 51.9 Å². The van der Waals surface area contributed by atoms with Crippen molar-refractivity contribution in [2.75, 3.05) is 24.6 Å². The number of hydrogen-bond donors (Lipinski definition) is 2. The minimum atomic E-state index is -1.09. The summed E-state index contributed by atoms with van der Waals surface area (Å²) in [5.74, 6) is 0. The molecule has 0 bridgehead atoms. The third-order valence-corrected chi connectivity index (χ3v) is 4.64. The van der Waals surface area contributed by atoms with Crippen molar-refractivity contribution < 1.29 is 19.5 Å². The van der Waals surface area contributed by atoms with Crippen LogP contribution in [-0.2, 0) is 9.39 Å². The molecule has 5 nitrogen and oxygen atoms in total. The highest BCUT2D eigenvalue weighted by Gasteiger charge is 2.39. The van der Waals surface area contributed by atoms with Gasteiger partial charge in [-0.2, -0.15) is 0 Å². The van der Waals surface area contributed by atoms with Crippen LogP contribution in [0.1, 0.15) is 34.6 Å². The van der Waals surface area contributed by atoms with E-state index in [0.29, 0.717) is 12.1 Å². The van der Waals surface area contributed by atoms with Crippen LogP contribution in [0, 0.1) is 0 Å². The fourth-order valence-corrected chi connectivity index (χ4v) is 2.42. The quantitative estimate of drug-likeness (QED) is 0.797. The number of aliphatic hydroxyl groups is 1. The third-order valence-electron chi connectivity index (χ3n) is 4.64. The first-order valence-corrected chi connectivity index (χ1v) is 8.15. The number of anilines is 1. The van der Waals surface area contributed by atoms with E-state index >= 15 is 0 Å². The Morgan fingerprint density at radius 1 is 1.30 bits per heavy atom. The number of rotatable bonds is 5. The van der Waals surface area contributed by atoms with E-state index in [1.54, 1.807) is 27.7 Å². The lowest BCUT2D eigenvalue weighted by Gasteiger charge is -2.38. The molecule has 23 heavy (non-hydrogen) atoms. The van der Waals surface area contributed by atoms with Crippen LogP contribution >= 0.6 is 0 Å². The highest BCUT2D eigenvalue weighted by atomic mass is 16.5. The molecule has 0 aliphatic carbocycles. The van der Waals surface area contributed by atoms with E-state index in [4.69, 9.17) is 9.39 Å². The molecule has 1 heterocycles. The van der Waals surface area contributed by atoms with Gasteiger partial charge in [0.2, 0.25) is 0 Å². The maximum atomic E-state index is 10.4. The topological polar surface area (TPSA) is 62.2 Å². The molecule has 6 heteroatoms. The van der Waals surface area contributed by atoms with Crippen LogP contribution in [0.15, 0.2) is 24.3 Å². The molecule has 1 saturated heterocycles. The van der Waals surface area contributed by atoms with Gasteiger partial charge in [0, 0.05) is 18.8 Å². The molecule has 2 rings (SSSR count). The van der Waals surface area contributed by atoms with Crippen LogP contribution in [0.2, 0.25) is 0 Å². The molecule has 1 unspecified atom stereocenters. The molecule has 1 aliphatic heterocycles. The number of benzene rings is 1. The predicted molar refractivity (Wildman–Crippen MR) is 93.1 cm³/mol. The average molecular weight is 321 g/mol. The van der Waals surface area contributed by atoms with Gasteiger partial charge in [0.25, 0.3) is 0 Å². The second-order valence-corrected chi connectivity index (χ2v) is 7.26. The lowest BCUT2D eigenvalue weighted by molar-refractivity contribution is -0.0982. The van der Waals surface area contributed by atoms with Gasteiger partial charge in [-0.05, 0) is 52.2 Å². The highest BCUT2D eigenvalue weighted by Crippen LogP contribution is 2.25. The molecule has 2 N–H and O–H groups in total. The zero-order valence-electron chi connectivity index (χ0n) is 14.7. The largest absolute Gasteiger partial charge is 0.491 e. The molecule has 128 valence electrons. The van der Waals surface area contributed by atoms with Crippen molar-refractivity contribution in [3.05, 3.63) is 24.3 Å². The van der Waals surface area contributed by atoms with Crippen LogP contribution < -0.4 is 10.4 Å². The summed E-state index contributed by atoms with van der Waals surface area (Å²) in [6, 6.07) is 7.70. The number of hydrogen-bond acceptors (Lipinski definition) is 5. The van der Waals surface area contributed by atoms with Crippen LogP contribution in [-0.4, -0.2) is 54.3 Å². The molecule has 1 aromatic carbocycles. The number of ether oxygens (including phenoxy) is 1. The molecular weight excluding hydrogens is 293 g/mol. The zero-order chi connectivity index (χ0) is 17.3. The Morgan fingerprint density at radius 2 is 2.00 bits per heavy atom. The molecule has 0 saturated carbocycles. The molecule has 1 fully saturated rings. The SMILES string of the molecule is CC1CN(c2cccc(B(O)OC(C)(C)C(C)(C)O)c2)CCO1. The first kappa shape index (κ1) is 18.3. The minimum Gasteiger partial charge on any atom is -0.423 e. The highest BCUT2D eigenvalue weighted by molar-refractivity contribution is 6.60. The Labute approximate surface area is 139 Å². The van der Waals surface area contributed by atoms with Gasteiger partial charge >= 0.3 is 7.12 Å². The molecular formula is C17H28BNO4. The Hall–Kier alpha value is -1.08. The maximum Gasteiger partial charge on any atom is 0.491 e. The van der Waals surface area contributed by atoms with E-state index in [0.717, 1.165) is 18.8 Å². The third kappa shape index (κ3) is 4.47. The Morgan fingerprint density at radius 3 is 2.61 bits per heavy atom. The van der Waals surface area contributed by atoms with E-state index < -0.39 is 18.3 Å². The first-order chi connectivity index (χ1) is 10.6. The normalized spacial score (nSPS) is 19.8. The molecule has 0 radical (unpaired) electrons. The Bertz CT molecular complexity index is 530. The van der Waals surface area contributed by atoms with Gasteiger partial charge in [0.1, 0.15) is 0 Å². The monoisotopic (exact) mass is 321 g/mol. The van der Waals surface area contributed by atoms with E-state index in [2.05, 4.69) is 11.8 Å². The van der Waals surface area contributed by atoms with Crippen molar-refractivity contribution in [2.24, 2.45) is 0 Å². The maximum absolute atomic E-state index is 10.4. The summed E-state index contributed by atoms with van der Waals surface area (Å²) in [4.78, 5) is 2.24. The first-order valence-electron chi connectivity index (χ1n) is 8.15. The minimum absolute atomic E-state index is 0.197. The van der Waals surface area contributed by atoms with Gasteiger partial charge in [0.05, 0.1) is 23.9 Å². The van der Waals surface area contributed by atoms with Crippen molar-refractivity contribution in [3.63, 3.8) is 0 Å². The van der Waals surface area contributed by atoms with E-state index in [1.807, 2.05) is 24.3 Å². The van der Waals surface area contributed by atoms with Gasteiger partial charge in [-0.3, -0.25) is 0 Å². The molecule has 0 spiro atoms. The van der Waals surface area contributed by atoms with Crippen molar-refractivity contribution >= 4 is 18.3 Å². The Balaban J connectivity index is 2.13. The summed E-state index contributed by atoms with van der Waals surface area (Å²) >= 11 is 0. The van der Waals surface area contributed by atoms with Crippen molar-refractivity contribution in [1.29, 1.82) is 0 Å². The van der Waals surface area contributed by atoms with E-state index in [-0.39, 0.29) is 6.10 Å². The zero-order valence-corrected chi connectivity index (χ0v) is 14.7. The van der Waals surface area contributed by atoms with Gasteiger partial charge < -0.3 is 24.4 Å². The average Bonchev–Trinajstić information content (AvgIpc) is 2.46. The van der Waals surface area contributed by atoms with Crippen molar-refractivity contribution in [3.8, 4) is 0 Å². The number of morpholine rings is 1. The molecule has 1 aromatic rings. The van der Waals surface area contributed by atoms with E-state index in [1.165, 1.54) is 0 Å². The molecule has 1 aliphatic rings. The summed E-state index contributed by atoms with van der Waals surface area (Å²) in [5.41, 5.74) is -0.221. The van der Waals surface area contributed by atoms with E-state index in [9.17, 15) is 10.1 Å². The summed E-state index contributed by atoms with van der Waals surface area (Å²) in [6.45, 7) is 11.3. The smallest absolute Gasteiger partial charge is 0.423 e. The van der Waals surface area contributed by atoms with Gasteiger partial charge in [0.15, 0.2) is 0 Å². The number of nitrogens with zero attached hydrogens (tertiary/aromatic N) is 1.